The van der Waals surface area contributed by atoms with Crippen molar-refractivity contribution in [3.63, 3.8) is 0 Å². The van der Waals surface area contributed by atoms with Crippen LogP contribution in [-0.4, -0.2) is 40.7 Å². The Morgan fingerprint density at radius 1 is 0.933 bits per heavy atom. The number of hydrogen-bond acceptors (Lipinski definition) is 10. The van der Waals surface area contributed by atoms with Gasteiger partial charge in [-0.15, -0.1) is 11.3 Å². The molecule has 0 fully saturated rings. The van der Waals surface area contributed by atoms with E-state index in [0.717, 1.165) is 27.2 Å². The molecule has 0 aliphatic rings. The van der Waals surface area contributed by atoms with Crippen LogP contribution in [0.4, 0.5) is 15.9 Å². The van der Waals surface area contributed by atoms with Crippen LogP contribution in [-0.2, 0) is 27.8 Å². The first-order chi connectivity index (χ1) is 21.8. The SMILES string of the molecule is O=S(=O)(CCOCc1nc(-c2ccc3ncnc(Nc4ccc(OCc5cccc(F)c5)c(Cl)c4)c3c2)cs1)c1ccccn1. The average molecular weight is 662 g/mol. The second-order valence-electron chi connectivity index (χ2n) is 9.81. The van der Waals surface area contributed by atoms with E-state index in [1.807, 2.05) is 29.6 Å². The van der Waals surface area contributed by atoms with Gasteiger partial charge in [-0.3, -0.25) is 0 Å². The number of sulfone groups is 1. The van der Waals surface area contributed by atoms with Gasteiger partial charge in [-0.25, -0.2) is 32.7 Å². The molecule has 0 saturated carbocycles. The predicted octanol–water partition coefficient (Wildman–Crippen LogP) is 7.25. The van der Waals surface area contributed by atoms with Crippen LogP contribution in [0.2, 0.25) is 5.02 Å². The van der Waals surface area contributed by atoms with Gasteiger partial charge in [0.1, 0.15) is 35.3 Å². The Labute approximate surface area is 267 Å². The molecule has 13 heteroatoms. The summed E-state index contributed by atoms with van der Waals surface area (Å²) in [7, 11) is -3.52. The lowest BCUT2D eigenvalue weighted by Crippen LogP contribution is -2.13. The van der Waals surface area contributed by atoms with Crippen LogP contribution in [0.15, 0.2) is 102 Å². The van der Waals surface area contributed by atoms with Gasteiger partial charge in [0.25, 0.3) is 0 Å². The van der Waals surface area contributed by atoms with Gasteiger partial charge in [0, 0.05) is 28.2 Å². The Morgan fingerprint density at radius 3 is 2.67 bits per heavy atom. The van der Waals surface area contributed by atoms with Crippen molar-refractivity contribution in [2.45, 2.75) is 18.2 Å². The number of benzene rings is 3. The fourth-order valence-corrected chi connectivity index (χ4v) is 6.44. The zero-order valence-corrected chi connectivity index (χ0v) is 25.9. The molecule has 3 heterocycles. The fourth-order valence-electron chi connectivity index (χ4n) is 4.41. The summed E-state index contributed by atoms with van der Waals surface area (Å²) in [5.74, 6) is 0.561. The van der Waals surface area contributed by atoms with Crippen LogP contribution in [0.1, 0.15) is 10.6 Å². The number of hydrogen-bond donors (Lipinski definition) is 1. The first kappa shape index (κ1) is 30.5. The fraction of sp³-hybridized carbons (Fsp3) is 0.125. The number of rotatable bonds is 12. The molecule has 0 radical (unpaired) electrons. The predicted molar refractivity (Wildman–Crippen MR) is 172 cm³/mol. The average Bonchev–Trinajstić information content (AvgIpc) is 3.52. The van der Waals surface area contributed by atoms with Crippen LogP contribution in [0, 0.1) is 5.82 Å². The van der Waals surface area contributed by atoms with E-state index in [9.17, 15) is 12.8 Å². The van der Waals surface area contributed by atoms with Gasteiger partial charge < -0.3 is 14.8 Å². The maximum Gasteiger partial charge on any atom is 0.197 e. The quantitative estimate of drug-likeness (QED) is 0.135. The molecule has 0 spiro atoms. The number of fused-ring (bicyclic) bond motifs is 1. The molecule has 45 heavy (non-hydrogen) atoms. The van der Waals surface area contributed by atoms with Gasteiger partial charge in [0.2, 0.25) is 0 Å². The van der Waals surface area contributed by atoms with Crippen molar-refractivity contribution < 1.29 is 22.3 Å². The molecule has 0 atom stereocenters. The summed E-state index contributed by atoms with van der Waals surface area (Å²) < 4.78 is 49.7. The molecule has 6 rings (SSSR count). The smallest absolute Gasteiger partial charge is 0.197 e. The van der Waals surface area contributed by atoms with Gasteiger partial charge in [0.15, 0.2) is 14.9 Å². The van der Waals surface area contributed by atoms with E-state index >= 15 is 0 Å². The van der Waals surface area contributed by atoms with Crippen molar-refractivity contribution in [2.75, 3.05) is 17.7 Å². The molecular weight excluding hydrogens is 637 g/mol. The number of nitrogens with zero attached hydrogens (tertiary/aromatic N) is 4. The summed E-state index contributed by atoms with van der Waals surface area (Å²) in [4.78, 5) is 17.4. The molecule has 9 nitrogen and oxygen atoms in total. The summed E-state index contributed by atoms with van der Waals surface area (Å²) >= 11 is 7.92. The minimum Gasteiger partial charge on any atom is -0.487 e. The van der Waals surface area contributed by atoms with E-state index in [-0.39, 0.29) is 36.4 Å². The highest BCUT2D eigenvalue weighted by atomic mass is 35.5. The Hall–Kier alpha value is -4.49. The first-order valence-corrected chi connectivity index (χ1v) is 16.6. The molecule has 0 aliphatic carbocycles. The normalized spacial score (nSPS) is 11.5. The van der Waals surface area contributed by atoms with E-state index in [1.54, 1.807) is 36.4 Å². The van der Waals surface area contributed by atoms with E-state index in [0.29, 0.717) is 27.8 Å². The third kappa shape index (κ3) is 7.60. The molecule has 0 aliphatic heterocycles. The van der Waals surface area contributed by atoms with Crippen molar-refractivity contribution in [3.05, 3.63) is 118 Å². The summed E-state index contributed by atoms with van der Waals surface area (Å²) in [5, 5.41) is 7.15. The third-order valence-corrected chi connectivity index (χ3v) is 9.34. The molecule has 6 aromatic rings. The largest absolute Gasteiger partial charge is 0.487 e. The second-order valence-corrected chi connectivity index (χ2v) is 13.2. The first-order valence-electron chi connectivity index (χ1n) is 13.7. The molecular formula is C32H25ClFN5O4S2. The van der Waals surface area contributed by atoms with Crippen LogP contribution >= 0.6 is 22.9 Å². The number of halogens is 2. The standard InChI is InChI=1S/C32H25ClFN5O4S2/c33-26-16-24(8-10-29(26)43-17-21-4-3-5-23(34)14-21)38-32-25-15-22(7-9-27(25)36-20-37-32)28-19-44-30(39-28)18-42-12-13-45(40,41)31-6-1-2-11-35-31/h1-11,14-16,19-20H,12-13,17-18H2,(H,36,37,38). The maximum absolute atomic E-state index is 13.5. The molecule has 1 N–H and O–H groups in total. The highest BCUT2D eigenvalue weighted by Crippen LogP contribution is 2.33. The van der Waals surface area contributed by atoms with E-state index < -0.39 is 9.84 Å². The van der Waals surface area contributed by atoms with Crippen molar-refractivity contribution in [1.82, 2.24) is 19.9 Å². The van der Waals surface area contributed by atoms with Gasteiger partial charge in [-0.1, -0.05) is 35.9 Å². The number of aromatic nitrogens is 4. The van der Waals surface area contributed by atoms with Gasteiger partial charge in [0.05, 0.1) is 35.2 Å². The zero-order valence-electron chi connectivity index (χ0n) is 23.6. The van der Waals surface area contributed by atoms with Crippen molar-refractivity contribution in [3.8, 4) is 17.0 Å². The van der Waals surface area contributed by atoms with Gasteiger partial charge in [-0.05, 0) is 60.2 Å². The number of ether oxygens (including phenoxy) is 2. The molecule has 3 aromatic carbocycles. The highest BCUT2D eigenvalue weighted by Gasteiger charge is 2.16. The van der Waals surface area contributed by atoms with E-state index in [1.165, 1.54) is 42.1 Å². The van der Waals surface area contributed by atoms with Crippen LogP contribution < -0.4 is 10.1 Å². The Balaban J connectivity index is 1.11. The van der Waals surface area contributed by atoms with Crippen LogP contribution in [0.3, 0.4) is 0 Å². The van der Waals surface area contributed by atoms with E-state index in [2.05, 4.69) is 25.3 Å². The number of thiazole rings is 1. The lowest BCUT2D eigenvalue weighted by Gasteiger charge is -2.12. The molecule has 0 amide bonds. The number of anilines is 2. The van der Waals surface area contributed by atoms with Crippen LogP contribution in [0.5, 0.6) is 5.75 Å². The monoisotopic (exact) mass is 661 g/mol. The minimum atomic E-state index is -3.52. The number of pyridine rings is 1. The van der Waals surface area contributed by atoms with Crippen LogP contribution in [0.25, 0.3) is 22.2 Å². The Bertz CT molecular complexity index is 2060. The Morgan fingerprint density at radius 2 is 1.84 bits per heavy atom. The summed E-state index contributed by atoms with van der Waals surface area (Å²) in [5.41, 5.74) is 3.74. The van der Waals surface area contributed by atoms with Crippen molar-refractivity contribution in [1.29, 1.82) is 0 Å². The minimum absolute atomic E-state index is 0.0281. The lowest BCUT2D eigenvalue weighted by atomic mass is 10.1. The van der Waals surface area contributed by atoms with Gasteiger partial charge >= 0.3 is 0 Å². The lowest BCUT2D eigenvalue weighted by molar-refractivity contribution is 0.135. The van der Waals surface area contributed by atoms with Crippen molar-refractivity contribution >= 4 is 55.2 Å². The molecule has 228 valence electrons. The maximum atomic E-state index is 13.5. The second kappa shape index (κ2) is 13.7. The molecule has 0 bridgehead atoms. The zero-order chi connectivity index (χ0) is 31.2. The molecule has 0 saturated heterocycles. The number of nitrogens with one attached hydrogen (secondary N) is 1. The summed E-state index contributed by atoms with van der Waals surface area (Å²) in [6, 6.07) is 22.0. The summed E-state index contributed by atoms with van der Waals surface area (Å²) in [6.45, 7) is 0.400. The Kier molecular flexibility index (Phi) is 9.26. The molecule has 3 aromatic heterocycles. The molecule has 0 unspecified atom stereocenters. The summed E-state index contributed by atoms with van der Waals surface area (Å²) in [6.07, 6.45) is 2.93. The van der Waals surface area contributed by atoms with E-state index in [4.69, 9.17) is 21.1 Å². The third-order valence-electron chi connectivity index (χ3n) is 6.64. The van der Waals surface area contributed by atoms with Gasteiger partial charge in [-0.2, -0.15) is 0 Å². The highest BCUT2D eigenvalue weighted by molar-refractivity contribution is 7.91. The topological polar surface area (TPSA) is 116 Å². The van der Waals surface area contributed by atoms with Crippen molar-refractivity contribution in [2.24, 2.45) is 0 Å².